The summed E-state index contributed by atoms with van der Waals surface area (Å²) >= 11 is 0. The highest BCUT2D eigenvalue weighted by atomic mass is 35.5. The average molecular weight is 495 g/mol. The van der Waals surface area contributed by atoms with Crippen molar-refractivity contribution in [2.45, 2.75) is 111 Å². The first-order valence-electron chi connectivity index (χ1n) is 13.5. The molecule has 1 fully saturated rings. The molecule has 4 unspecified atom stereocenters. The SMILES string of the molecule is CC(C)CCCNC(CC1CCCCC1)C(O)CC(C(=O)NC(C)c1ccccc1)C(C)C.Cl. The van der Waals surface area contributed by atoms with Gasteiger partial charge in [0, 0.05) is 12.0 Å². The summed E-state index contributed by atoms with van der Waals surface area (Å²) in [6.45, 7) is 11.7. The van der Waals surface area contributed by atoms with Gasteiger partial charge in [0.05, 0.1) is 12.1 Å². The van der Waals surface area contributed by atoms with Gasteiger partial charge in [-0.15, -0.1) is 12.4 Å². The van der Waals surface area contributed by atoms with Crippen molar-refractivity contribution in [3.8, 4) is 0 Å². The molecule has 0 radical (unpaired) electrons. The lowest BCUT2D eigenvalue weighted by atomic mass is 9.81. The molecule has 196 valence electrons. The van der Waals surface area contributed by atoms with Crippen LogP contribution in [0.25, 0.3) is 0 Å². The quantitative estimate of drug-likeness (QED) is 0.253. The molecule has 4 atom stereocenters. The van der Waals surface area contributed by atoms with E-state index < -0.39 is 6.10 Å². The zero-order valence-electron chi connectivity index (χ0n) is 22.3. The Morgan fingerprint density at radius 3 is 2.26 bits per heavy atom. The van der Waals surface area contributed by atoms with Crippen molar-refractivity contribution in [3.63, 3.8) is 0 Å². The first-order valence-corrected chi connectivity index (χ1v) is 13.5. The highest BCUT2D eigenvalue weighted by Crippen LogP contribution is 2.30. The van der Waals surface area contributed by atoms with Crippen LogP contribution in [0, 0.1) is 23.7 Å². The Hall–Kier alpha value is -1.10. The zero-order chi connectivity index (χ0) is 24.2. The van der Waals surface area contributed by atoms with Gasteiger partial charge in [0.15, 0.2) is 0 Å². The molecule has 1 aliphatic carbocycles. The Kier molecular flexibility index (Phi) is 15.1. The number of benzene rings is 1. The lowest BCUT2D eigenvalue weighted by Gasteiger charge is -2.33. The van der Waals surface area contributed by atoms with Crippen LogP contribution in [-0.4, -0.2) is 29.7 Å². The van der Waals surface area contributed by atoms with Crippen LogP contribution in [0.1, 0.15) is 104 Å². The molecule has 0 heterocycles. The fourth-order valence-electron chi connectivity index (χ4n) is 5.21. The fourth-order valence-corrected chi connectivity index (χ4v) is 5.21. The zero-order valence-corrected chi connectivity index (χ0v) is 23.1. The van der Waals surface area contributed by atoms with E-state index in [9.17, 15) is 9.90 Å². The number of carbonyl (C=O) groups excluding carboxylic acids is 1. The molecule has 2 rings (SSSR count). The summed E-state index contributed by atoms with van der Waals surface area (Å²) in [6, 6.07) is 10.1. The van der Waals surface area contributed by atoms with Gasteiger partial charge in [-0.3, -0.25) is 4.79 Å². The number of halogens is 1. The summed E-state index contributed by atoms with van der Waals surface area (Å²) in [5.41, 5.74) is 1.11. The predicted molar refractivity (Wildman–Crippen MR) is 146 cm³/mol. The van der Waals surface area contributed by atoms with E-state index in [1.165, 1.54) is 38.5 Å². The first kappa shape index (κ1) is 30.9. The summed E-state index contributed by atoms with van der Waals surface area (Å²) in [5, 5.41) is 18.2. The van der Waals surface area contributed by atoms with Gasteiger partial charge in [-0.1, -0.05) is 90.1 Å². The van der Waals surface area contributed by atoms with Crippen LogP contribution in [0.4, 0.5) is 0 Å². The number of aliphatic hydroxyl groups is 1. The molecule has 0 aromatic heterocycles. The molecule has 0 aliphatic heterocycles. The van der Waals surface area contributed by atoms with Crippen LogP contribution in [0.5, 0.6) is 0 Å². The minimum atomic E-state index is -0.504. The van der Waals surface area contributed by atoms with E-state index in [4.69, 9.17) is 0 Å². The minimum Gasteiger partial charge on any atom is -0.391 e. The average Bonchev–Trinajstić information content (AvgIpc) is 2.80. The van der Waals surface area contributed by atoms with Gasteiger partial charge in [-0.25, -0.2) is 0 Å². The van der Waals surface area contributed by atoms with Crippen LogP contribution in [-0.2, 0) is 4.79 Å². The monoisotopic (exact) mass is 494 g/mol. The Morgan fingerprint density at radius 1 is 1.03 bits per heavy atom. The van der Waals surface area contributed by atoms with E-state index >= 15 is 0 Å². The third-order valence-electron chi connectivity index (χ3n) is 7.44. The molecule has 5 heteroatoms. The highest BCUT2D eigenvalue weighted by molar-refractivity contribution is 5.85. The maximum absolute atomic E-state index is 13.2. The lowest BCUT2D eigenvalue weighted by Crippen LogP contribution is -2.45. The predicted octanol–water partition coefficient (Wildman–Crippen LogP) is 6.67. The number of hydrogen-bond donors (Lipinski definition) is 3. The van der Waals surface area contributed by atoms with Crippen molar-refractivity contribution < 1.29 is 9.90 Å². The maximum Gasteiger partial charge on any atom is 0.223 e. The number of hydrogen-bond acceptors (Lipinski definition) is 3. The Bertz CT molecular complexity index is 661. The van der Waals surface area contributed by atoms with Crippen LogP contribution in [0.3, 0.4) is 0 Å². The van der Waals surface area contributed by atoms with E-state index in [0.717, 1.165) is 24.9 Å². The number of aliphatic hydroxyl groups excluding tert-OH is 1. The van der Waals surface area contributed by atoms with Crippen LogP contribution in [0.15, 0.2) is 30.3 Å². The normalized spacial score (nSPS) is 18.2. The molecule has 0 bridgehead atoms. The van der Waals surface area contributed by atoms with Crippen molar-refractivity contribution in [2.24, 2.45) is 23.7 Å². The second kappa shape index (κ2) is 16.5. The van der Waals surface area contributed by atoms with Gasteiger partial charge in [0.2, 0.25) is 5.91 Å². The van der Waals surface area contributed by atoms with Crippen molar-refractivity contribution >= 4 is 18.3 Å². The lowest BCUT2D eigenvalue weighted by molar-refractivity contribution is -0.128. The molecule has 1 saturated carbocycles. The van der Waals surface area contributed by atoms with E-state index in [1.54, 1.807) is 0 Å². The molecule has 3 N–H and O–H groups in total. The minimum absolute atomic E-state index is 0. The molecule has 4 nitrogen and oxygen atoms in total. The van der Waals surface area contributed by atoms with Gasteiger partial charge in [-0.05, 0) is 62.5 Å². The molecule has 1 aromatic carbocycles. The Morgan fingerprint density at radius 2 is 1.68 bits per heavy atom. The molecule has 1 aromatic rings. The van der Waals surface area contributed by atoms with Gasteiger partial charge < -0.3 is 15.7 Å². The van der Waals surface area contributed by atoms with E-state index in [0.29, 0.717) is 18.3 Å². The van der Waals surface area contributed by atoms with Crippen molar-refractivity contribution in [2.75, 3.05) is 6.54 Å². The summed E-state index contributed by atoms with van der Waals surface area (Å²) in [5.74, 6) is 1.43. The number of rotatable bonds is 14. The van der Waals surface area contributed by atoms with Crippen LogP contribution >= 0.6 is 12.4 Å². The maximum atomic E-state index is 13.2. The third kappa shape index (κ3) is 11.1. The van der Waals surface area contributed by atoms with Crippen molar-refractivity contribution in [3.05, 3.63) is 35.9 Å². The molecule has 1 amide bonds. The molecule has 0 saturated heterocycles. The van der Waals surface area contributed by atoms with Crippen LogP contribution in [0.2, 0.25) is 0 Å². The van der Waals surface area contributed by atoms with Crippen molar-refractivity contribution in [1.82, 2.24) is 10.6 Å². The first-order chi connectivity index (χ1) is 15.8. The molecular weight excluding hydrogens is 444 g/mol. The standard InChI is InChI=1S/C29H50N2O2.ClH/c1-21(2)13-12-18-30-27(19-24-14-8-6-9-15-24)28(32)20-26(22(3)4)29(33)31-23(5)25-16-10-7-11-17-25;/h7,10-11,16-17,21-24,26-28,30,32H,6,8-9,12-15,18-20H2,1-5H3,(H,31,33);1H. The second-order valence-corrected chi connectivity index (χ2v) is 11.1. The van der Waals surface area contributed by atoms with Crippen LogP contribution < -0.4 is 10.6 Å². The largest absolute Gasteiger partial charge is 0.391 e. The van der Waals surface area contributed by atoms with Crippen molar-refractivity contribution in [1.29, 1.82) is 0 Å². The molecular formula is C29H51ClN2O2. The fraction of sp³-hybridized carbons (Fsp3) is 0.759. The summed E-state index contributed by atoms with van der Waals surface area (Å²) in [6.07, 6.45) is 9.90. The Labute approximate surface area is 215 Å². The van der Waals surface area contributed by atoms with E-state index in [-0.39, 0.29) is 42.2 Å². The van der Waals surface area contributed by atoms with Gasteiger partial charge >= 0.3 is 0 Å². The van der Waals surface area contributed by atoms with Gasteiger partial charge in [0.25, 0.3) is 0 Å². The summed E-state index contributed by atoms with van der Waals surface area (Å²) in [7, 11) is 0. The number of nitrogens with one attached hydrogen (secondary N) is 2. The Balaban J connectivity index is 0.00000578. The van der Waals surface area contributed by atoms with E-state index in [1.807, 2.05) is 37.3 Å². The highest BCUT2D eigenvalue weighted by Gasteiger charge is 2.31. The molecule has 34 heavy (non-hydrogen) atoms. The smallest absolute Gasteiger partial charge is 0.223 e. The van der Waals surface area contributed by atoms with Gasteiger partial charge in [0.1, 0.15) is 0 Å². The summed E-state index contributed by atoms with van der Waals surface area (Å²) < 4.78 is 0. The second-order valence-electron chi connectivity index (χ2n) is 11.1. The molecule has 0 spiro atoms. The number of carbonyl (C=O) groups is 1. The third-order valence-corrected chi connectivity index (χ3v) is 7.44. The molecule has 1 aliphatic rings. The summed E-state index contributed by atoms with van der Waals surface area (Å²) in [4.78, 5) is 13.2. The number of amides is 1. The van der Waals surface area contributed by atoms with E-state index in [2.05, 4.69) is 38.3 Å². The van der Waals surface area contributed by atoms with Gasteiger partial charge in [-0.2, -0.15) is 0 Å². The topological polar surface area (TPSA) is 61.4 Å².